The molecule has 0 saturated carbocycles. The molecule has 336 valence electrons. The minimum absolute atomic E-state index is 0.384. The number of nitrogens with zero attached hydrogens (tertiary/aromatic N) is 4. The molecule has 1 aliphatic heterocycles. The molecule has 0 aromatic carbocycles. The largest absolute Gasteiger partial charge is 0.444 e. The number of aryl methyl sites for hydroxylation is 2. The quantitative estimate of drug-likeness (QED) is 0.0781. The lowest BCUT2D eigenvalue weighted by Gasteiger charge is -2.32. The summed E-state index contributed by atoms with van der Waals surface area (Å²) < 4.78 is 53.4. The highest BCUT2D eigenvalue weighted by Crippen LogP contribution is 2.35. The van der Waals surface area contributed by atoms with Gasteiger partial charge in [0.25, 0.3) is 0 Å². The number of alkyl carbamates (subject to hydrolysis) is 1. The SMILES string of the molecule is CCCCc1nc2c(N)nc3cc(C)sc3c2n1CC1CCN(CCOCCOCCOCCOCCOCCOCCOCCOCCNC(=O)OC(C)(C)C)CC1. The molecule has 0 radical (unpaired) electrons. The monoisotopic (exact) mass is 853 g/mol. The van der Waals surface area contributed by atoms with Gasteiger partial charge in [-0.05, 0) is 72.0 Å². The zero-order chi connectivity index (χ0) is 42.1. The van der Waals surface area contributed by atoms with Gasteiger partial charge in [-0.25, -0.2) is 14.8 Å². The Balaban J connectivity index is 0.883. The van der Waals surface area contributed by atoms with Crippen molar-refractivity contribution in [3.63, 3.8) is 0 Å². The summed E-state index contributed by atoms with van der Waals surface area (Å²) in [5, 5.41) is 2.64. The summed E-state index contributed by atoms with van der Waals surface area (Å²) in [4.78, 5) is 25.0. The van der Waals surface area contributed by atoms with Crippen LogP contribution < -0.4 is 11.1 Å². The fourth-order valence-corrected chi connectivity index (χ4v) is 7.60. The molecule has 4 heterocycles. The molecule has 16 nitrogen and oxygen atoms in total. The first-order valence-corrected chi connectivity index (χ1v) is 22.3. The van der Waals surface area contributed by atoms with Gasteiger partial charge in [0.05, 0.1) is 121 Å². The van der Waals surface area contributed by atoms with Crippen LogP contribution in [0.3, 0.4) is 0 Å². The van der Waals surface area contributed by atoms with E-state index in [0.29, 0.717) is 124 Å². The molecule has 0 atom stereocenters. The number of carbonyl (C=O) groups excluding carboxylic acids is 1. The highest BCUT2D eigenvalue weighted by molar-refractivity contribution is 7.19. The molecule has 1 saturated heterocycles. The van der Waals surface area contributed by atoms with Gasteiger partial charge in [0.2, 0.25) is 0 Å². The van der Waals surface area contributed by atoms with Crippen LogP contribution >= 0.6 is 11.3 Å². The molecule has 3 aromatic heterocycles. The third kappa shape index (κ3) is 19.3. The van der Waals surface area contributed by atoms with Gasteiger partial charge in [0.15, 0.2) is 5.82 Å². The van der Waals surface area contributed by atoms with Gasteiger partial charge < -0.3 is 63.1 Å². The summed E-state index contributed by atoms with van der Waals surface area (Å²) in [5.41, 5.74) is 8.94. The summed E-state index contributed by atoms with van der Waals surface area (Å²) in [6.07, 6.45) is 5.10. The molecular weight excluding hydrogens is 781 g/mol. The number of carbonyl (C=O) groups is 1. The maximum absolute atomic E-state index is 11.5. The Morgan fingerprint density at radius 1 is 0.797 bits per heavy atom. The van der Waals surface area contributed by atoms with Crippen molar-refractivity contribution in [3.8, 4) is 0 Å². The molecule has 0 spiro atoms. The van der Waals surface area contributed by atoms with Gasteiger partial charge in [-0.2, -0.15) is 0 Å². The molecule has 1 aliphatic rings. The number of anilines is 1. The zero-order valence-electron chi connectivity index (χ0n) is 36.4. The number of nitrogen functional groups attached to an aromatic ring is 1. The van der Waals surface area contributed by atoms with Gasteiger partial charge in [0.1, 0.15) is 16.9 Å². The fourth-order valence-electron chi connectivity index (χ4n) is 6.59. The van der Waals surface area contributed by atoms with E-state index < -0.39 is 11.7 Å². The molecule has 3 N–H and O–H groups in total. The Morgan fingerprint density at radius 3 is 1.81 bits per heavy atom. The minimum atomic E-state index is -0.513. The summed E-state index contributed by atoms with van der Waals surface area (Å²) in [6, 6.07) is 2.14. The van der Waals surface area contributed by atoms with Gasteiger partial charge in [-0.1, -0.05) is 13.3 Å². The van der Waals surface area contributed by atoms with Crippen LogP contribution in [0.2, 0.25) is 0 Å². The summed E-state index contributed by atoms with van der Waals surface area (Å²) in [7, 11) is 0. The first-order valence-electron chi connectivity index (χ1n) is 21.5. The number of aromatic nitrogens is 3. The first-order chi connectivity index (χ1) is 28.6. The highest BCUT2D eigenvalue weighted by atomic mass is 32.1. The molecule has 0 bridgehead atoms. The van der Waals surface area contributed by atoms with Crippen LogP contribution in [0, 0.1) is 12.8 Å². The number of amides is 1. The smallest absolute Gasteiger partial charge is 0.407 e. The van der Waals surface area contributed by atoms with Crippen LogP contribution in [0.15, 0.2) is 6.07 Å². The van der Waals surface area contributed by atoms with E-state index in [0.717, 1.165) is 75.1 Å². The lowest BCUT2D eigenvalue weighted by Crippen LogP contribution is -2.37. The number of fused-ring (bicyclic) bond motifs is 3. The standard InChI is InChI=1S/C42H72N6O10S/c1-6-7-8-36-46-37-38(39-35(45-40(37)43)31-33(2)59-39)48(36)32-34-9-12-47(13-10-34)14-16-51-18-20-53-22-24-55-26-28-57-30-29-56-27-25-54-23-21-52-19-17-50-15-11-44-41(49)58-42(3,4)5/h31,34H,6-30,32H2,1-5H3,(H2,43,45)(H,44,49). The maximum Gasteiger partial charge on any atom is 0.407 e. The number of unbranched alkanes of at least 4 members (excludes halogenated alkanes) is 1. The van der Waals surface area contributed by atoms with Crippen molar-refractivity contribution < 1.29 is 47.4 Å². The first kappa shape index (κ1) is 49.0. The number of hydrogen-bond donors (Lipinski definition) is 2. The van der Waals surface area contributed by atoms with Crippen LogP contribution in [-0.2, 0) is 55.6 Å². The number of hydrogen-bond acceptors (Lipinski definition) is 15. The van der Waals surface area contributed by atoms with E-state index in [1.165, 1.54) is 15.1 Å². The van der Waals surface area contributed by atoms with Crippen molar-refractivity contribution in [2.45, 2.75) is 78.9 Å². The van der Waals surface area contributed by atoms with Crippen molar-refractivity contribution >= 4 is 44.5 Å². The van der Waals surface area contributed by atoms with Crippen LogP contribution in [0.25, 0.3) is 21.3 Å². The topological polar surface area (TPSA) is 172 Å². The number of rotatable bonds is 32. The average Bonchev–Trinajstić information content (AvgIpc) is 3.75. The summed E-state index contributed by atoms with van der Waals surface area (Å²) >= 11 is 1.80. The van der Waals surface area contributed by atoms with Crippen LogP contribution in [0.1, 0.15) is 64.1 Å². The van der Waals surface area contributed by atoms with E-state index in [-0.39, 0.29) is 0 Å². The summed E-state index contributed by atoms with van der Waals surface area (Å²) in [5.74, 6) is 2.29. The van der Waals surface area contributed by atoms with Crippen LogP contribution in [0.4, 0.5) is 10.6 Å². The molecular formula is C42H72N6O10S. The molecule has 1 amide bonds. The number of pyridine rings is 1. The summed E-state index contributed by atoms with van der Waals surface area (Å²) in [6.45, 7) is 22.4. The number of piperidine rings is 1. The predicted molar refractivity (Wildman–Crippen MR) is 231 cm³/mol. The number of nitrogens with one attached hydrogen (secondary N) is 1. The third-order valence-electron chi connectivity index (χ3n) is 9.55. The number of thiophene rings is 1. The van der Waals surface area contributed by atoms with E-state index in [2.05, 4.69) is 39.7 Å². The van der Waals surface area contributed by atoms with E-state index in [4.69, 9.17) is 53.3 Å². The number of ether oxygens (including phenoxy) is 9. The number of nitrogens with two attached hydrogens (primary N) is 1. The Hall–Kier alpha value is -2.71. The van der Waals surface area contributed by atoms with Gasteiger partial charge in [-0.3, -0.25) is 0 Å². The van der Waals surface area contributed by atoms with Crippen molar-refractivity contribution in [1.29, 1.82) is 0 Å². The Bertz CT molecular complexity index is 1590. The molecule has 3 aromatic rings. The Labute approximate surface area is 355 Å². The number of likely N-dealkylation sites (tertiary alicyclic amines) is 1. The van der Waals surface area contributed by atoms with E-state index in [1.54, 1.807) is 11.3 Å². The maximum atomic E-state index is 11.5. The molecule has 0 aliphatic carbocycles. The number of imidazole rings is 1. The normalized spacial score (nSPS) is 14.3. The molecule has 17 heteroatoms. The van der Waals surface area contributed by atoms with E-state index in [1.807, 2.05) is 20.8 Å². The lowest BCUT2D eigenvalue weighted by atomic mass is 9.96. The van der Waals surface area contributed by atoms with Gasteiger partial charge >= 0.3 is 6.09 Å². The second-order valence-corrected chi connectivity index (χ2v) is 16.9. The van der Waals surface area contributed by atoms with Crippen molar-refractivity contribution in [2.24, 2.45) is 5.92 Å². The third-order valence-corrected chi connectivity index (χ3v) is 10.6. The van der Waals surface area contributed by atoms with Gasteiger partial charge in [-0.15, -0.1) is 11.3 Å². The van der Waals surface area contributed by atoms with Crippen molar-refractivity contribution in [3.05, 3.63) is 16.8 Å². The van der Waals surface area contributed by atoms with Crippen LogP contribution in [0.5, 0.6) is 0 Å². The second-order valence-electron chi connectivity index (χ2n) is 15.6. The highest BCUT2D eigenvalue weighted by Gasteiger charge is 2.24. The second kappa shape index (κ2) is 28.0. The average molecular weight is 853 g/mol. The molecule has 0 unspecified atom stereocenters. The van der Waals surface area contributed by atoms with E-state index >= 15 is 0 Å². The Kier molecular flexibility index (Phi) is 23.2. The minimum Gasteiger partial charge on any atom is -0.444 e. The van der Waals surface area contributed by atoms with Crippen molar-refractivity contribution in [1.82, 2.24) is 24.8 Å². The Morgan fingerprint density at radius 2 is 1.31 bits per heavy atom. The molecule has 1 fully saturated rings. The zero-order valence-corrected chi connectivity index (χ0v) is 37.2. The molecule has 59 heavy (non-hydrogen) atoms. The lowest BCUT2D eigenvalue weighted by molar-refractivity contribution is -0.0235. The van der Waals surface area contributed by atoms with Crippen LogP contribution in [-0.4, -0.2) is 163 Å². The molecule has 4 rings (SSSR count). The van der Waals surface area contributed by atoms with Gasteiger partial charge in [0, 0.05) is 30.9 Å². The van der Waals surface area contributed by atoms with E-state index in [9.17, 15) is 4.79 Å². The predicted octanol–water partition coefficient (Wildman–Crippen LogP) is 5.25. The van der Waals surface area contributed by atoms with Crippen molar-refractivity contribution in [2.75, 3.05) is 138 Å². The fraction of sp³-hybridized carbons (Fsp3) is 0.786.